The summed E-state index contributed by atoms with van der Waals surface area (Å²) in [6.07, 6.45) is 0.473. The van der Waals surface area contributed by atoms with Gasteiger partial charge in [0.1, 0.15) is 0 Å². The van der Waals surface area contributed by atoms with Crippen molar-refractivity contribution in [2.75, 3.05) is 18.5 Å². The van der Waals surface area contributed by atoms with Crippen LogP contribution in [0.2, 0.25) is 0 Å². The Bertz CT molecular complexity index is 488. The van der Waals surface area contributed by atoms with Crippen LogP contribution in [0.1, 0.15) is 44.6 Å². The van der Waals surface area contributed by atoms with Gasteiger partial charge in [-0.25, -0.2) is 5.10 Å². The number of H-pyrrole nitrogens is 1. The number of aromatic nitrogens is 3. The quantitative estimate of drug-likeness (QED) is 0.859. The summed E-state index contributed by atoms with van der Waals surface area (Å²) in [6, 6.07) is 0.248. The maximum absolute atomic E-state index is 12.3. The first-order valence-electron chi connectivity index (χ1n) is 6.83. The Morgan fingerprint density at radius 2 is 2.00 bits per heavy atom. The summed E-state index contributed by atoms with van der Waals surface area (Å²) in [5.74, 6) is 0.506. The number of nitrogens with zero attached hydrogens (tertiary/aromatic N) is 3. The smallest absolute Gasteiger partial charge is 0.344 e. The largest absolute Gasteiger partial charge is 0.390 e. The second-order valence-electron chi connectivity index (χ2n) is 5.28. The summed E-state index contributed by atoms with van der Waals surface area (Å²) in [5, 5.41) is 6.80. The van der Waals surface area contributed by atoms with E-state index in [1.165, 1.54) is 11.3 Å². The van der Waals surface area contributed by atoms with Crippen molar-refractivity contribution in [3.05, 3.63) is 4.77 Å². The van der Waals surface area contributed by atoms with Gasteiger partial charge >= 0.3 is 6.18 Å². The first kappa shape index (κ1) is 15.3. The van der Waals surface area contributed by atoms with Crippen molar-refractivity contribution >= 4 is 18.2 Å². The highest BCUT2D eigenvalue weighted by Crippen LogP contribution is 2.31. The average Bonchev–Trinajstić information content (AvgIpc) is 2.78. The van der Waals surface area contributed by atoms with E-state index in [-0.39, 0.29) is 12.6 Å². The van der Waals surface area contributed by atoms with Gasteiger partial charge in [-0.05, 0) is 25.1 Å². The van der Waals surface area contributed by atoms with Gasteiger partial charge in [0.25, 0.3) is 0 Å². The number of aromatic amines is 1. The first-order chi connectivity index (χ1) is 9.38. The molecule has 0 saturated heterocycles. The van der Waals surface area contributed by atoms with Gasteiger partial charge in [-0.15, -0.1) is 5.10 Å². The molecule has 0 radical (unpaired) electrons. The van der Waals surface area contributed by atoms with Crippen LogP contribution in [0, 0.1) is 4.77 Å². The molecule has 4 nitrogen and oxygen atoms in total. The van der Waals surface area contributed by atoms with Crippen LogP contribution in [0.25, 0.3) is 0 Å². The van der Waals surface area contributed by atoms with Crippen molar-refractivity contribution in [2.24, 2.45) is 0 Å². The maximum Gasteiger partial charge on any atom is 0.390 e. The zero-order valence-electron chi connectivity index (χ0n) is 11.4. The molecular weight excluding hydrogens is 289 g/mol. The van der Waals surface area contributed by atoms with Gasteiger partial charge in [0.05, 0.1) is 6.42 Å². The molecule has 1 aliphatic rings. The lowest BCUT2D eigenvalue weighted by atomic mass is 9.95. The van der Waals surface area contributed by atoms with Crippen LogP contribution in [0.3, 0.4) is 0 Å². The van der Waals surface area contributed by atoms with Gasteiger partial charge in [0.15, 0.2) is 4.77 Å². The SMILES string of the molecule is CN(CCC(F)(F)F)c1n[nH]c(=S)n1C1CCCCC1. The van der Waals surface area contributed by atoms with Gasteiger partial charge in [-0.2, -0.15) is 13.2 Å². The second kappa shape index (κ2) is 6.15. The molecule has 0 aromatic carbocycles. The van der Waals surface area contributed by atoms with Crippen LogP contribution in [0.15, 0.2) is 0 Å². The average molecular weight is 308 g/mol. The van der Waals surface area contributed by atoms with Crippen molar-refractivity contribution in [2.45, 2.75) is 50.7 Å². The van der Waals surface area contributed by atoms with Crippen molar-refractivity contribution in [3.63, 3.8) is 0 Å². The van der Waals surface area contributed by atoms with Crippen molar-refractivity contribution in [3.8, 4) is 0 Å². The molecule has 114 valence electrons. The first-order valence-corrected chi connectivity index (χ1v) is 7.24. The Morgan fingerprint density at radius 3 is 2.60 bits per heavy atom. The third-order valence-electron chi connectivity index (χ3n) is 3.70. The lowest BCUT2D eigenvalue weighted by Gasteiger charge is -2.27. The highest BCUT2D eigenvalue weighted by atomic mass is 32.1. The minimum atomic E-state index is -4.16. The fourth-order valence-electron chi connectivity index (χ4n) is 2.63. The third kappa shape index (κ3) is 3.74. The van der Waals surface area contributed by atoms with Gasteiger partial charge in [0.2, 0.25) is 5.95 Å². The van der Waals surface area contributed by atoms with Gasteiger partial charge < -0.3 is 4.90 Å². The standard InChI is InChI=1S/C12H19F3N4S/c1-18(8-7-12(13,14)15)10-16-17-11(20)19(10)9-5-3-2-4-6-9/h9H,2-8H2,1H3,(H,17,20). The Kier molecular flexibility index (Phi) is 4.72. The molecule has 1 saturated carbocycles. The minimum absolute atomic E-state index is 0.115. The molecule has 0 aliphatic heterocycles. The topological polar surface area (TPSA) is 36.9 Å². The molecule has 1 fully saturated rings. The molecule has 2 rings (SSSR count). The molecular formula is C12H19F3N4S. The lowest BCUT2D eigenvalue weighted by Crippen LogP contribution is -2.28. The fourth-order valence-corrected chi connectivity index (χ4v) is 2.90. The number of rotatable bonds is 4. The fraction of sp³-hybridized carbons (Fsp3) is 0.833. The predicted octanol–water partition coefficient (Wildman–Crippen LogP) is 3.83. The van der Waals surface area contributed by atoms with E-state index >= 15 is 0 Å². The van der Waals surface area contributed by atoms with E-state index in [1.54, 1.807) is 7.05 Å². The Balaban J connectivity index is 2.13. The van der Waals surface area contributed by atoms with Crippen LogP contribution in [0.4, 0.5) is 19.1 Å². The highest BCUT2D eigenvalue weighted by Gasteiger charge is 2.28. The van der Waals surface area contributed by atoms with E-state index < -0.39 is 12.6 Å². The van der Waals surface area contributed by atoms with Gasteiger partial charge in [0, 0.05) is 19.6 Å². The molecule has 0 amide bonds. The molecule has 20 heavy (non-hydrogen) atoms. The lowest BCUT2D eigenvalue weighted by molar-refractivity contribution is -0.132. The summed E-state index contributed by atoms with van der Waals surface area (Å²) >= 11 is 5.23. The monoisotopic (exact) mass is 308 g/mol. The third-order valence-corrected chi connectivity index (χ3v) is 3.99. The van der Waals surface area contributed by atoms with Gasteiger partial charge in [-0.3, -0.25) is 4.57 Å². The molecule has 0 bridgehead atoms. The van der Waals surface area contributed by atoms with Crippen LogP contribution in [-0.4, -0.2) is 34.5 Å². The molecule has 1 aromatic heterocycles. The van der Waals surface area contributed by atoms with E-state index in [0.29, 0.717) is 10.7 Å². The van der Waals surface area contributed by atoms with Crippen LogP contribution < -0.4 is 4.90 Å². The normalized spacial score (nSPS) is 17.4. The molecule has 1 aromatic rings. The second-order valence-corrected chi connectivity index (χ2v) is 5.66. The summed E-state index contributed by atoms with van der Waals surface area (Å²) in [6.45, 7) is -0.115. The number of hydrogen-bond acceptors (Lipinski definition) is 3. The maximum atomic E-state index is 12.3. The minimum Gasteiger partial charge on any atom is -0.344 e. The Morgan fingerprint density at radius 1 is 1.35 bits per heavy atom. The van der Waals surface area contributed by atoms with E-state index in [4.69, 9.17) is 12.2 Å². The van der Waals surface area contributed by atoms with Crippen molar-refractivity contribution < 1.29 is 13.2 Å². The van der Waals surface area contributed by atoms with Crippen LogP contribution >= 0.6 is 12.2 Å². The van der Waals surface area contributed by atoms with Crippen LogP contribution in [-0.2, 0) is 0 Å². The molecule has 0 unspecified atom stereocenters. The summed E-state index contributed by atoms with van der Waals surface area (Å²) < 4.78 is 39.3. The molecule has 0 spiro atoms. The molecule has 8 heteroatoms. The predicted molar refractivity (Wildman–Crippen MR) is 73.5 cm³/mol. The molecule has 1 N–H and O–H groups in total. The van der Waals surface area contributed by atoms with E-state index in [0.717, 1.165) is 25.7 Å². The van der Waals surface area contributed by atoms with E-state index in [1.807, 2.05) is 4.57 Å². The summed E-state index contributed by atoms with van der Waals surface area (Å²) in [7, 11) is 1.62. The number of nitrogens with one attached hydrogen (secondary N) is 1. The van der Waals surface area contributed by atoms with E-state index in [2.05, 4.69) is 10.2 Å². The number of anilines is 1. The number of hydrogen-bond donors (Lipinski definition) is 1. The van der Waals surface area contributed by atoms with Crippen LogP contribution in [0.5, 0.6) is 0 Å². The summed E-state index contributed by atoms with van der Waals surface area (Å²) in [4.78, 5) is 1.52. The zero-order chi connectivity index (χ0) is 14.8. The summed E-state index contributed by atoms with van der Waals surface area (Å²) in [5.41, 5.74) is 0. The molecule has 0 atom stereocenters. The van der Waals surface area contributed by atoms with Crippen molar-refractivity contribution in [1.82, 2.24) is 14.8 Å². The Labute approximate surface area is 121 Å². The Hall–Kier alpha value is -1.05. The molecule has 1 heterocycles. The number of halogens is 3. The molecule has 1 aliphatic carbocycles. The van der Waals surface area contributed by atoms with Crippen molar-refractivity contribution in [1.29, 1.82) is 0 Å². The highest BCUT2D eigenvalue weighted by molar-refractivity contribution is 7.71. The van der Waals surface area contributed by atoms with Gasteiger partial charge in [-0.1, -0.05) is 19.3 Å². The zero-order valence-corrected chi connectivity index (χ0v) is 12.2. The number of alkyl halides is 3. The van der Waals surface area contributed by atoms with E-state index in [9.17, 15) is 13.2 Å².